The molecule has 0 saturated carbocycles. The van der Waals surface area contributed by atoms with E-state index in [-0.39, 0.29) is 12.4 Å². The van der Waals surface area contributed by atoms with Gasteiger partial charge in [-0.2, -0.15) is 0 Å². The maximum atomic E-state index is 11.0. The maximum Gasteiger partial charge on any atom is 0.191 e. The third-order valence-corrected chi connectivity index (χ3v) is 4.34. The predicted octanol–water partition coefficient (Wildman–Crippen LogP) is 0.722. The summed E-state index contributed by atoms with van der Waals surface area (Å²) in [6, 6.07) is 0.998. The number of guanidine groups is 1. The van der Waals surface area contributed by atoms with Gasteiger partial charge in [-0.3, -0.25) is 9.89 Å². The van der Waals surface area contributed by atoms with Crippen LogP contribution in [-0.2, 0) is 14.6 Å². The van der Waals surface area contributed by atoms with E-state index in [9.17, 15) is 8.42 Å². The van der Waals surface area contributed by atoms with Crippen molar-refractivity contribution in [2.75, 3.05) is 51.4 Å². The third-order valence-electron chi connectivity index (χ3n) is 3.44. The molecule has 0 aromatic carbocycles. The monoisotopic (exact) mass is 364 g/mol. The average molecular weight is 365 g/mol. The number of aliphatic imine (C=N–C) groups is 1. The molecule has 2 N–H and O–H groups in total. The van der Waals surface area contributed by atoms with Gasteiger partial charge in [0.05, 0.1) is 25.5 Å². The summed E-state index contributed by atoms with van der Waals surface area (Å²) in [4.78, 5) is 6.98. The number of nitrogens with zero attached hydrogens (tertiary/aromatic N) is 2. The maximum absolute atomic E-state index is 11.0. The Bertz CT molecular complexity index is 442. The summed E-state index contributed by atoms with van der Waals surface area (Å²) < 4.78 is 27.3. The zero-order valence-electron chi connectivity index (χ0n) is 16.1. The normalized spacial score (nSPS) is 13.1. The Labute approximate surface area is 148 Å². The Morgan fingerprint density at radius 3 is 2.25 bits per heavy atom. The van der Waals surface area contributed by atoms with Crippen LogP contribution in [0.25, 0.3) is 0 Å². The van der Waals surface area contributed by atoms with Gasteiger partial charge in [-0.1, -0.05) is 0 Å². The van der Waals surface area contributed by atoms with Crippen molar-refractivity contribution in [3.63, 3.8) is 0 Å². The van der Waals surface area contributed by atoms with Crippen molar-refractivity contribution in [1.29, 1.82) is 0 Å². The summed E-state index contributed by atoms with van der Waals surface area (Å²) in [5.41, 5.74) is 0. The zero-order chi connectivity index (χ0) is 18.6. The highest BCUT2D eigenvalue weighted by Gasteiger charge is 2.12. The molecule has 0 amide bonds. The summed E-state index contributed by atoms with van der Waals surface area (Å²) in [6.07, 6.45) is 1.21. The van der Waals surface area contributed by atoms with Crippen molar-refractivity contribution in [2.45, 2.75) is 46.7 Å². The minimum absolute atomic E-state index is 0.0569. The molecule has 8 heteroatoms. The van der Waals surface area contributed by atoms with E-state index in [1.165, 1.54) is 6.26 Å². The van der Waals surface area contributed by atoms with Gasteiger partial charge in [0.25, 0.3) is 0 Å². The van der Waals surface area contributed by atoms with Crippen LogP contribution in [0, 0.1) is 0 Å². The van der Waals surface area contributed by atoms with Gasteiger partial charge in [-0.25, -0.2) is 8.42 Å². The summed E-state index contributed by atoms with van der Waals surface area (Å²) in [6.45, 7) is 14.5. The van der Waals surface area contributed by atoms with Crippen LogP contribution in [-0.4, -0.2) is 82.8 Å². The van der Waals surface area contributed by atoms with Gasteiger partial charge in [0.15, 0.2) is 5.96 Å². The van der Waals surface area contributed by atoms with Crippen LogP contribution in [0.15, 0.2) is 4.99 Å². The van der Waals surface area contributed by atoms with Gasteiger partial charge in [0, 0.05) is 38.0 Å². The molecule has 0 atom stereocenters. The summed E-state index contributed by atoms with van der Waals surface area (Å²) >= 11 is 0. The van der Waals surface area contributed by atoms with Crippen molar-refractivity contribution in [1.82, 2.24) is 15.5 Å². The van der Waals surface area contributed by atoms with Crippen LogP contribution < -0.4 is 10.6 Å². The number of sulfone groups is 1. The van der Waals surface area contributed by atoms with Gasteiger partial charge >= 0.3 is 0 Å². The second-order valence-corrected chi connectivity index (χ2v) is 8.61. The standard InChI is InChI=1S/C16H36N4O3S/c1-7-17-16(18-8-10-20(14(2)3)15(4)5)19-9-11-23-12-13-24(6,21)22/h14-15H,7-13H2,1-6H3,(H2,17,18,19). The molecule has 144 valence electrons. The van der Waals surface area contributed by atoms with Crippen LogP contribution in [0.1, 0.15) is 34.6 Å². The molecule has 24 heavy (non-hydrogen) atoms. The first kappa shape index (κ1) is 23.1. The van der Waals surface area contributed by atoms with Gasteiger partial charge in [0.1, 0.15) is 9.84 Å². The number of hydrogen-bond acceptors (Lipinski definition) is 5. The van der Waals surface area contributed by atoms with E-state index in [4.69, 9.17) is 4.74 Å². The molecular weight excluding hydrogens is 328 g/mol. The molecule has 0 aliphatic heterocycles. The minimum atomic E-state index is -2.96. The molecule has 0 radical (unpaired) electrons. The first-order valence-electron chi connectivity index (χ1n) is 8.70. The lowest BCUT2D eigenvalue weighted by Gasteiger charge is -2.29. The Hall–Kier alpha value is -0.860. The minimum Gasteiger partial charge on any atom is -0.379 e. The lowest BCUT2D eigenvalue weighted by molar-refractivity contribution is 0.154. The van der Waals surface area contributed by atoms with E-state index in [2.05, 4.69) is 48.2 Å². The molecular formula is C16H36N4O3S. The largest absolute Gasteiger partial charge is 0.379 e. The molecule has 0 aliphatic rings. The van der Waals surface area contributed by atoms with Gasteiger partial charge in [0.2, 0.25) is 0 Å². The zero-order valence-corrected chi connectivity index (χ0v) is 16.9. The van der Waals surface area contributed by atoms with Crippen molar-refractivity contribution in [2.24, 2.45) is 4.99 Å². The van der Waals surface area contributed by atoms with E-state index >= 15 is 0 Å². The first-order chi connectivity index (χ1) is 11.2. The lowest BCUT2D eigenvalue weighted by Crippen LogP contribution is -2.41. The van der Waals surface area contributed by atoms with Crippen LogP contribution in [0.5, 0.6) is 0 Å². The first-order valence-corrected chi connectivity index (χ1v) is 10.8. The molecule has 0 unspecified atom stereocenters. The average Bonchev–Trinajstić information content (AvgIpc) is 2.44. The van der Waals surface area contributed by atoms with E-state index in [1.807, 2.05) is 6.92 Å². The molecule has 0 spiro atoms. The van der Waals surface area contributed by atoms with E-state index in [0.29, 0.717) is 25.2 Å². The molecule has 0 heterocycles. The van der Waals surface area contributed by atoms with E-state index in [0.717, 1.165) is 25.6 Å². The summed E-state index contributed by atoms with van der Waals surface area (Å²) in [5, 5.41) is 6.40. The van der Waals surface area contributed by atoms with Gasteiger partial charge < -0.3 is 15.4 Å². The Morgan fingerprint density at radius 2 is 1.75 bits per heavy atom. The van der Waals surface area contributed by atoms with Gasteiger partial charge in [-0.05, 0) is 34.6 Å². The smallest absolute Gasteiger partial charge is 0.191 e. The molecule has 0 fully saturated rings. The second-order valence-electron chi connectivity index (χ2n) is 6.36. The van der Waals surface area contributed by atoms with Crippen molar-refractivity contribution in [3.8, 4) is 0 Å². The lowest BCUT2D eigenvalue weighted by atomic mass is 10.2. The van der Waals surface area contributed by atoms with E-state index in [1.54, 1.807) is 0 Å². The number of rotatable bonds is 12. The number of ether oxygens (including phenoxy) is 1. The highest BCUT2D eigenvalue weighted by Crippen LogP contribution is 2.03. The highest BCUT2D eigenvalue weighted by molar-refractivity contribution is 7.90. The molecule has 0 bridgehead atoms. The quantitative estimate of drug-likeness (QED) is 0.302. The SMILES string of the molecule is CCNC(=NCCN(C(C)C)C(C)C)NCCOCCS(C)(=O)=O. The predicted molar refractivity (Wildman–Crippen MR) is 101 cm³/mol. The van der Waals surface area contributed by atoms with Crippen LogP contribution in [0.4, 0.5) is 0 Å². The van der Waals surface area contributed by atoms with Crippen molar-refractivity contribution >= 4 is 15.8 Å². The third kappa shape index (κ3) is 12.5. The van der Waals surface area contributed by atoms with Gasteiger partial charge in [-0.15, -0.1) is 0 Å². The van der Waals surface area contributed by atoms with Crippen LogP contribution in [0.3, 0.4) is 0 Å². The Morgan fingerprint density at radius 1 is 1.12 bits per heavy atom. The molecule has 7 nitrogen and oxygen atoms in total. The highest BCUT2D eigenvalue weighted by atomic mass is 32.2. The van der Waals surface area contributed by atoms with Crippen molar-refractivity contribution in [3.05, 3.63) is 0 Å². The fourth-order valence-electron chi connectivity index (χ4n) is 2.29. The fourth-order valence-corrected chi connectivity index (χ4v) is 2.71. The summed E-state index contributed by atoms with van der Waals surface area (Å²) in [7, 11) is -2.96. The molecule has 0 aliphatic carbocycles. The molecule has 0 aromatic rings. The van der Waals surface area contributed by atoms with Crippen LogP contribution in [0.2, 0.25) is 0 Å². The topological polar surface area (TPSA) is 83.0 Å². The van der Waals surface area contributed by atoms with E-state index < -0.39 is 9.84 Å². The Kier molecular flexibility index (Phi) is 12.0. The van der Waals surface area contributed by atoms with Crippen molar-refractivity contribution < 1.29 is 13.2 Å². The molecule has 0 rings (SSSR count). The number of hydrogen-bond donors (Lipinski definition) is 2. The number of nitrogens with one attached hydrogen (secondary N) is 2. The molecule has 0 aromatic heterocycles. The Balaban J connectivity index is 4.15. The fraction of sp³-hybridized carbons (Fsp3) is 0.938. The second kappa shape index (κ2) is 12.5. The van der Waals surface area contributed by atoms with Crippen LogP contribution >= 0.6 is 0 Å². The molecule has 0 saturated heterocycles. The summed E-state index contributed by atoms with van der Waals surface area (Å²) in [5.74, 6) is 0.818.